The van der Waals surface area contributed by atoms with Crippen LogP contribution in [0.5, 0.6) is 5.75 Å². The number of nitrogens with one attached hydrogen (secondary N) is 1. The smallest absolute Gasteiger partial charge is 0.322 e. The summed E-state index contributed by atoms with van der Waals surface area (Å²) in [4.78, 5) is 20.7. The number of hydrogen-bond donors (Lipinski definition) is 1. The van der Waals surface area contributed by atoms with Crippen LogP contribution in [0.1, 0.15) is 42.5 Å². The van der Waals surface area contributed by atoms with Crippen LogP contribution in [-0.2, 0) is 6.54 Å². The van der Waals surface area contributed by atoms with Crippen molar-refractivity contribution in [2.24, 2.45) is 0 Å². The average molecular weight is 487 g/mol. The van der Waals surface area contributed by atoms with Crippen LogP contribution in [0.15, 0.2) is 76.3 Å². The Morgan fingerprint density at radius 2 is 1.94 bits per heavy atom. The Kier molecular flexibility index (Phi) is 6.37. The molecule has 7 nitrogen and oxygen atoms in total. The number of benzene rings is 2. The van der Waals surface area contributed by atoms with Gasteiger partial charge in [0.2, 0.25) is 5.82 Å². The Hall–Kier alpha value is -3.91. The van der Waals surface area contributed by atoms with Crippen LogP contribution >= 0.6 is 11.3 Å². The van der Waals surface area contributed by atoms with E-state index >= 15 is 0 Å². The minimum absolute atomic E-state index is 0.184. The highest BCUT2D eigenvalue weighted by molar-refractivity contribution is 7.13. The molecular formula is C27H26N4O3S. The molecule has 178 valence electrons. The van der Waals surface area contributed by atoms with Crippen LogP contribution in [0.25, 0.3) is 16.3 Å². The summed E-state index contributed by atoms with van der Waals surface area (Å²) in [5.74, 6) is 1.70. The van der Waals surface area contributed by atoms with E-state index in [9.17, 15) is 4.79 Å². The summed E-state index contributed by atoms with van der Waals surface area (Å²) in [6.45, 7) is 6.88. The molecule has 1 aliphatic heterocycles. The molecule has 4 aromatic rings. The van der Waals surface area contributed by atoms with Gasteiger partial charge in [0.25, 0.3) is 5.89 Å². The third-order valence-corrected chi connectivity index (χ3v) is 6.82. The molecule has 1 unspecified atom stereocenters. The molecule has 0 radical (unpaired) electrons. The van der Waals surface area contributed by atoms with Crippen molar-refractivity contribution in [2.45, 2.75) is 33.4 Å². The first kappa shape index (κ1) is 22.9. The number of nitrogens with zero attached hydrogens (tertiary/aromatic N) is 3. The zero-order valence-electron chi connectivity index (χ0n) is 19.8. The number of aromatic nitrogens is 2. The van der Waals surface area contributed by atoms with Gasteiger partial charge in [-0.2, -0.15) is 4.98 Å². The lowest BCUT2D eigenvalue weighted by atomic mass is 9.94. The van der Waals surface area contributed by atoms with Gasteiger partial charge in [-0.25, -0.2) is 4.79 Å². The molecule has 0 saturated heterocycles. The molecule has 1 atom stereocenters. The maximum absolute atomic E-state index is 13.3. The summed E-state index contributed by atoms with van der Waals surface area (Å²) < 4.78 is 11.4. The number of carbonyl (C=O) groups is 1. The topological polar surface area (TPSA) is 80.5 Å². The van der Waals surface area contributed by atoms with Crippen LogP contribution in [0.2, 0.25) is 0 Å². The highest BCUT2D eigenvalue weighted by Gasteiger charge is 2.35. The van der Waals surface area contributed by atoms with E-state index in [1.54, 1.807) is 16.2 Å². The molecular weight excluding hydrogens is 460 g/mol. The molecule has 0 aliphatic carbocycles. The van der Waals surface area contributed by atoms with E-state index in [1.807, 2.05) is 86.8 Å². The van der Waals surface area contributed by atoms with Crippen LogP contribution in [0, 0.1) is 6.92 Å². The normalized spacial score (nSPS) is 15.9. The first-order valence-corrected chi connectivity index (χ1v) is 12.4. The molecule has 1 N–H and O–H groups in total. The number of aryl methyl sites for hydroxylation is 1. The molecule has 8 heteroatoms. The highest BCUT2D eigenvalue weighted by atomic mass is 32.1. The van der Waals surface area contributed by atoms with Gasteiger partial charge in [-0.15, -0.1) is 11.3 Å². The van der Waals surface area contributed by atoms with Crippen molar-refractivity contribution in [3.05, 3.63) is 94.3 Å². The lowest BCUT2D eigenvalue weighted by Gasteiger charge is -2.35. The lowest BCUT2D eigenvalue weighted by molar-refractivity contribution is 0.203. The Balaban J connectivity index is 1.57. The number of carbonyl (C=O) groups excluding carboxylic acids is 1. The highest BCUT2D eigenvalue weighted by Crippen LogP contribution is 2.38. The van der Waals surface area contributed by atoms with Gasteiger partial charge in [-0.05, 0) is 55.5 Å². The maximum atomic E-state index is 13.3. The Morgan fingerprint density at radius 1 is 1.11 bits per heavy atom. The summed E-state index contributed by atoms with van der Waals surface area (Å²) in [5.41, 5.74) is 4.61. The predicted octanol–water partition coefficient (Wildman–Crippen LogP) is 6.20. The molecule has 3 heterocycles. The fourth-order valence-electron chi connectivity index (χ4n) is 4.18. The van der Waals surface area contributed by atoms with Crippen molar-refractivity contribution in [1.29, 1.82) is 0 Å². The molecule has 2 amide bonds. The average Bonchev–Trinajstić information content (AvgIpc) is 3.55. The number of hydrogen-bond acceptors (Lipinski definition) is 6. The van der Waals surface area contributed by atoms with Gasteiger partial charge in [-0.3, -0.25) is 4.90 Å². The van der Waals surface area contributed by atoms with Crippen molar-refractivity contribution in [3.8, 4) is 16.5 Å². The van der Waals surface area contributed by atoms with E-state index in [2.05, 4.69) is 10.5 Å². The quantitative estimate of drug-likeness (QED) is 0.336. The van der Waals surface area contributed by atoms with Crippen molar-refractivity contribution in [1.82, 2.24) is 20.4 Å². The number of urea groups is 1. The number of thiophene rings is 1. The van der Waals surface area contributed by atoms with E-state index in [-0.39, 0.29) is 6.03 Å². The molecule has 2 aromatic heterocycles. The van der Waals surface area contributed by atoms with Gasteiger partial charge in [0.15, 0.2) is 0 Å². The number of rotatable bonds is 7. The number of amides is 2. The Bertz CT molecular complexity index is 1360. The van der Waals surface area contributed by atoms with Crippen LogP contribution in [0.4, 0.5) is 4.79 Å². The largest absolute Gasteiger partial charge is 0.494 e. The standard InChI is InChI=1S/C27H26N4O3S/c1-4-33-21-8-5-7-19(15-21)16-31-18(3)23(26-29-25(30-34-26)22-9-6-14-35-22)24(28-27(31)32)20-12-10-17(2)11-13-20/h5-15,24H,4,16H2,1-3H3,(H,28,32). The molecule has 0 fully saturated rings. The van der Waals surface area contributed by atoms with Crippen molar-refractivity contribution >= 4 is 22.9 Å². The second kappa shape index (κ2) is 9.76. The summed E-state index contributed by atoms with van der Waals surface area (Å²) in [5, 5.41) is 9.35. The Morgan fingerprint density at radius 3 is 2.69 bits per heavy atom. The second-order valence-corrected chi connectivity index (χ2v) is 9.31. The van der Waals surface area contributed by atoms with Gasteiger partial charge in [-0.1, -0.05) is 53.2 Å². The molecule has 0 spiro atoms. The van der Waals surface area contributed by atoms with E-state index in [4.69, 9.17) is 14.2 Å². The molecule has 1 aliphatic rings. The second-order valence-electron chi connectivity index (χ2n) is 8.36. The first-order chi connectivity index (χ1) is 17.0. The van der Waals surface area contributed by atoms with Crippen molar-refractivity contribution in [3.63, 3.8) is 0 Å². The SMILES string of the molecule is CCOc1cccc(CN2C(=O)NC(c3ccc(C)cc3)C(c3nc(-c4cccs4)no3)=C2C)c1. The fourth-order valence-corrected chi connectivity index (χ4v) is 4.83. The van der Waals surface area contributed by atoms with Gasteiger partial charge in [0.05, 0.1) is 29.6 Å². The van der Waals surface area contributed by atoms with Gasteiger partial charge < -0.3 is 14.6 Å². The minimum atomic E-state index is -0.411. The van der Waals surface area contributed by atoms with Gasteiger partial charge in [0.1, 0.15) is 5.75 Å². The van der Waals surface area contributed by atoms with E-state index in [0.29, 0.717) is 24.9 Å². The lowest BCUT2D eigenvalue weighted by Crippen LogP contribution is -2.45. The Labute approximate surface area is 208 Å². The van der Waals surface area contributed by atoms with Gasteiger partial charge in [0, 0.05) is 5.70 Å². The molecule has 0 saturated carbocycles. The van der Waals surface area contributed by atoms with E-state index in [1.165, 1.54) is 0 Å². The maximum Gasteiger partial charge on any atom is 0.322 e. The summed E-state index contributed by atoms with van der Waals surface area (Å²) >= 11 is 1.55. The van der Waals surface area contributed by atoms with Gasteiger partial charge >= 0.3 is 6.03 Å². The van der Waals surface area contributed by atoms with E-state index < -0.39 is 6.04 Å². The first-order valence-electron chi connectivity index (χ1n) is 11.5. The molecule has 0 bridgehead atoms. The summed E-state index contributed by atoms with van der Waals surface area (Å²) in [7, 11) is 0. The minimum Gasteiger partial charge on any atom is -0.494 e. The number of ether oxygens (including phenoxy) is 1. The summed E-state index contributed by atoms with van der Waals surface area (Å²) in [6, 6.07) is 19.2. The van der Waals surface area contributed by atoms with Crippen molar-refractivity contribution in [2.75, 3.05) is 6.61 Å². The summed E-state index contributed by atoms with van der Waals surface area (Å²) in [6.07, 6.45) is 0. The molecule has 35 heavy (non-hydrogen) atoms. The fraction of sp³-hybridized carbons (Fsp3) is 0.222. The van der Waals surface area contributed by atoms with Crippen molar-refractivity contribution < 1.29 is 14.1 Å². The van der Waals surface area contributed by atoms with Crippen LogP contribution in [-0.4, -0.2) is 27.7 Å². The third kappa shape index (κ3) is 4.70. The number of allylic oxidation sites excluding steroid dienone is 1. The zero-order valence-corrected chi connectivity index (χ0v) is 20.6. The third-order valence-electron chi connectivity index (χ3n) is 5.96. The zero-order chi connectivity index (χ0) is 24.4. The molecule has 2 aromatic carbocycles. The van der Waals surface area contributed by atoms with Crippen LogP contribution in [0.3, 0.4) is 0 Å². The monoisotopic (exact) mass is 486 g/mol. The molecule has 5 rings (SSSR count). The van der Waals surface area contributed by atoms with Crippen LogP contribution < -0.4 is 10.1 Å². The predicted molar refractivity (Wildman–Crippen MR) is 136 cm³/mol. The van der Waals surface area contributed by atoms with E-state index in [0.717, 1.165) is 38.6 Å².